The number of fused-ring (bicyclic) bond motifs is 1. The van der Waals surface area contributed by atoms with Crippen LogP contribution in [0.25, 0.3) is 11.0 Å². The van der Waals surface area contributed by atoms with Gasteiger partial charge in [0.15, 0.2) is 5.96 Å². The van der Waals surface area contributed by atoms with Crippen molar-refractivity contribution in [3.8, 4) is 0 Å². The van der Waals surface area contributed by atoms with Gasteiger partial charge in [-0.1, -0.05) is 42.5 Å². The van der Waals surface area contributed by atoms with Crippen LogP contribution in [0.4, 0.5) is 0 Å². The summed E-state index contributed by atoms with van der Waals surface area (Å²) >= 11 is 0. The van der Waals surface area contributed by atoms with Crippen LogP contribution in [0.2, 0.25) is 0 Å². The van der Waals surface area contributed by atoms with Crippen molar-refractivity contribution in [2.75, 3.05) is 6.54 Å². The monoisotopic (exact) mass is 512 g/mol. The molecule has 0 bridgehead atoms. The molecule has 2 aromatic carbocycles. The number of hydrogen-bond donors (Lipinski definition) is 2. The van der Waals surface area contributed by atoms with E-state index in [1.54, 1.807) is 6.20 Å². The van der Waals surface area contributed by atoms with Gasteiger partial charge in [-0.05, 0) is 35.4 Å². The molecule has 6 nitrogen and oxygen atoms in total. The summed E-state index contributed by atoms with van der Waals surface area (Å²) in [6, 6.07) is 22.5. The van der Waals surface area contributed by atoms with Crippen LogP contribution in [0.5, 0.6) is 0 Å². The van der Waals surface area contributed by atoms with Gasteiger partial charge in [-0.15, -0.1) is 24.0 Å². The Morgan fingerprint density at radius 2 is 1.70 bits per heavy atom. The molecule has 0 unspecified atom stereocenters. The number of hydrogen-bond acceptors (Lipinski definition) is 3. The molecule has 0 saturated heterocycles. The third-order valence-corrected chi connectivity index (χ3v) is 4.75. The highest BCUT2D eigenvalue weighted by Crippen LogP contribution is 2.14. The summed E-state index contributed by atoms with van der Waals surface area (Å²) in [6.45, 7) is 2.06. The van der Waals surface area contributed by atoms with Crippen molar-refractivity contribution in [3.63, 3.8) is 0 Å². The van der Waals surface area contributed by atoms with Gasteiger partial charge in [0, 0.05) is 31.4 Å². The van der Waals surface area contributed by atoms with E-state index in [0.29, 0.717) is 19.0 Å². The minimum Gasteiger partial charge on any atom is -0.370 e. The summed E-state index contributed by atoms with van der Waals surface area (Å²) < 4.78 is 2.16. The van der Waals surface area contributed by atoms with Crippen molar-refractivity contribution in [2.45, 2.75) is 19.5 Å². The summed E-state index contributed by atoms with van der Waals surface area (Å²) in [6.07, 6.45) is 4.50. The third-order valence-electron chi connectivity index (χ3n) is 4.75. The van der Waals surface area contributed by atoms with Crippen molar-refractivity contribution in [1.29, 1.82) is 0 Å². The highest BCUT2D eigenvalue weighted by atomic mass is 127. The number of halogens is 1. The number of nitrogens with two attached hydrogens (primary N) is 1. The van der Waals surface area contributed by atoms with E-state index >= 15 is 0 Å². The highest BCUT2D eigenvalue weighted by molar-refractivity contribution is 14.0. The Morgan fingerprint density at radius 1 is 0.933 bits per heavy atom. The Labute approximate surface area is 193 Å². The van der Waals surface area contributed by atoms with Crippen molar-refractivity contribution in [1.82, 2.24) is 19.9 Å². The van der Waals surface area contributed by atoms with Crippen LogP contribution in [0.3, 0.4) is 0 Å². The fourth-order valence-electron chi connectivity index (χ4n) is 3.18. The summed E-state index contributed by atoms with van der Waals surface area (Å²) in [5.41, 5.74) is 11.5. The molecule has 2 aromatic heterocycles. The van der Waals surface area contributed by atoms with Crippen LogP contribution >= 0.6 is 24.0 Å². The molecule has 3 N–H and O–H groups in total. The summed E-state index contributed by atoms with van der Waals surface area (Å²) in [4.78, 5) is 13.2. The van der Waals surface area contributed by atoms with E-state index in [9.17, 15) is 0 Å². The molecule has 30 heavy (non-hydrogen) atoms. The Balaban J connectivity index is 0.00000256. The molecule has 4 rings (SSSR count). The molecule has 0 atom stereocenters. The van der Waals surface area contributed by atoms with Gasteiger partial charge in [-0.25, -0.2) is 9.98 Å². The van der Waals surface area contributed by atoms with E-state index in [2.05, 4.69) is 55.2 Å². The molecule has 0 fully saturated rings. The largest absolute Gasteiger partial charge is 0.370 e. The first-order valence-corrected chi connectivity index (χ1v) is 9.69. The number of guanidine groups is 1. The Hall–Kier alpha value is -2.94. The fourth-order valence-corrected chi connectivity index (χ4v) is 3.18. The zero-order valence-electron chi connectivity index (χ0n) is 16.6. The smallest absolute Gasteiger partial charge is 0.188 e. The Bertz CT molecular complexity index is 1090. The number of nitrogens with zero attached hydrogens (tertiary/aromatic N) is 4. The topological polar surface area (TPSA) is 81.1 Å². The quantitative estimate of drug-likeness (QED) is 0.225. The molecule has 0 saturated carbocycles. The van der Waals surface area contributed by atoms with Gasteiger partial charge >= 0.3 is 0 Å². The zero-order chi connectivity index (χ0) is 19.9. The van der Waals surface area contributed by atoms with Gasteiger partial charge in [0.25, 0.3) is 0 Å². The van der Waals surface area contributed by atoms with E-state index in [4.69, 9.17) is 5.73 Å². The molecule has 0 aliphatic heterocycles. The summed E-state index contributed by atoms with van der Waals surface area (Å²) in [5, 5.41) is 3.14. The number of aliphatic imine (C=N–C) groups is 1. The van der Waals surface area contributed by atoms with E-state index in [0.717, 1.165) is 35.3 Å². The van der Waals surface area contributed by atoms with E-state index in [1.165, 1.54) is 5.56 Å². The minimum absolute atomic E-state index is 0. The van der Waals surface area contributed by atoms with E-state index < -0.39 is 0 Å². The maximum absolute atomic E-state index is 5.97. The van der Waals surface area contributed by atoms with Gasteiger partial charge in [0.1, 0.15) is 0 Å². The second kappa shape index (κ2) is 10.7. The van der Waals surface area contributed by atoms with E-state index in [-0.39, 0.29) is 24.0 Å². The van der Waals surface area contributed by atoms with Crippen molar-refractivity contribution >= 4 is 41.0 Å². The molecule has 7 heteroatoms. The summed E-state index contributed by atoms with van der Waals surface area (Å²) in [5.74, 6) is 0.454. The minimum atomic E-state index is 0. The number of pyridine rings is 1. The second-order valence-electron chi connectivity index (χ2n) is 6.88. The number of imidazole rings is 1. The molecule has 0 spiro atoms. The summed E-state index contributed by atoms with van der Waals surface area (Å²) in [7, 11) is 0. The molecule has 0 aliphatic rings. The number of nitrogens with one attached hydrogen (secondary N) is 1. The van der Waals surface area contributed by atoms with E-state index in [1.807, 2.05) is 42.7 Å². The lowest BCUT2D eigenvalue weighted by Gasteiger charge is -2.07. The lowest BCUT2D eigenvalue weighted by Crippen LogP contribution is -2.33. The Kier molecular flexibility index (Phi) is 7.78. The van der Waals surface area contributed by atoms with Gasteiger partial charge in [0.05, 0.1) is 23.9 Å². The predicted octanol–water partition coefficient (Wildman–Crippen LogP) is 3.74. The molecular weight excluding hydrogens is 487 g/mol. The molecule has 0 radical (unpaired) electrons. The molecule has 0 aliphatic carbocycles. The number of aromatic nitrogens is 3. The normalized spacial score (nSPS) is 11.3. The lowest BCUT2D eigenvalue weighted by molar-refractivity contribution is 0.821. The maximum Gasteiger partial charge on any atom is 0.188 e. The van der Waals surface area contributed by atoms with Gasteiger partial charge in [-0.3, -0.25) is 4.98 Å². The average molecular weight is 512 g/mol. The van der Waals surface area contributed by atoms with Gasteiger partial charge < -0.3 is 15.6 Å². The molecular formula is C23H25IN6. The SMILES string of the molecule is I.NC(=NCc1ccc(Cn2cnc3ccccc32)cc1)NCCc1ccccn1. The first-order chi connectivity index (χ1) is 14.3. The average Bonchev–Trinajstić information content (AvgIpc) is 3.17. The number of benzene rings is 2. The molecule has 4 aromatic rings. The van der Waals surface area contributed by atoms with Crippen LogP contribution in [0.15, 0.2) is 84.2 Å². The fraction of sp³-hybridized carbons (Fsp3) is 0.174. The second-order valence-corrected chi connectivity index (χ2v) is 6.88. The van der Waals surface area contributed by atoms with Crippen molar-refractivity contribution in [3.05, 3.63) is 96.1 Å². The predicted molar refractivity (Wildman–Crippen MR) is 132 cm³/mol. The van der Waals surface area contributed by atoms with Crippen LogP contribution in [-0.4, -0.2) is 27.0 Å². The van der Waals surface area contributed by atoms with Crippen LogP contribution in [0, 0.1) is 0 Å². The maximum atomic E-state index is 5.97. The van der Waals surface area contributed by atoms with Crippen molar-refractivity contribution in [2.24, 2.45) is 10.7 Å². The number of para-hydroxylation sites is 2. The first-order valence-electron chi connectivity index (χ1n) is 9.69. The van der Waals surface area contributed by atoms with Crippen molar-refractivity contribution < 1.29 is 0 Å². The third kappa shape index (κ3) is 5.79. The first kappa shape index (κ1) is 21.8. The standard InChI is InChI=1S/C23H24N6.HI/c24-23(26-14-12-20-5-3-4-13-25-20)27-15-18-8-10-19(11-9-18)16-29-17-28-21-6-1-2-7-22(21)29;/h1-11,13,17H,12,14-16H2,(H3,24,26,27);1H. The van der Waals surface area contributed by atoms with Gasteiger partial charge in [-0.2, -0.15) is 0 Å². The molecule has 2 heterocycles. The Morgan fingerprint density at radius 3 is 2.50 bits per heavy atom. The highest BCUT2D eigenvalue weighted by Gasteiger charge is 2.03. The van der Waals surface area contributed by atoms with Gasteiger partial charge in [0.2, 0.25) is 0 Å². The van der Waals surface area contributed by atoms with Crippen LogP contribution in [0.1, 0.15) is 16.8 Å². The van der Waals surface area contributed by atoms with Crippen LogP contribution in [-0.2, 0) is 19.5 Å². The molecule has 154 valence electrons. The lowest BCUT2D eigenvalue weighted by atomic mass is 10.1. The number of rotatable bonds is 7. The molecule has 0 amide bonds. The zero-order valence-corrected chi connectivity index (χ0v) is 18.9. The van der Waals surface area contributed by atoms with Crippen LogP contribution < -0.4 is 11.1 Å².